The Hall–Kier alpha value is -3.32. The van der Waals surface area contributed by atoms with Crippen molar-refractivity contribution in [2.45, 2.75) is 20.4 Å². The molecule has 2 heterocycles. The van der Waals surface area contributed by atoms with Crippen LogP contribution in [0.1, 0.15) is 27.2 Å². The van der Waals surface area contributed by atoms with Crippen LogP contribution in [0, 0.1) is 13.8 Å². The van der Waals surface area contributed by atoms with Crippen LogP contribution in [0.15, 0.2) is 53.1 Å². The molecular formula is C23H22N2O4S. The first-order valence-electron chi connectivity index (χ1n) is 9.44. The molecule has 0 fully saturated rings. The zero-order valence-electron chi connectivity index (χ0n) is 17.3. The molecule has 30 heavy (non-hydrogen) atoms. The number of carbonyl (C=O) groups is 1. The van der Waals surface area contributed by atoms with Crippen molar-refractivity contribution in [2.75, 3.05) is 19.1 Å². The fraction of sp³-hybridized carbons (Fsp3) is 0.217. The fourth-order valence-electron chi connectivity index (χ4n) is 3.39. The summed E-state index contributed by atoms with van der Waals surface area (Å²) in [6.45, 7) is 4.34. The average molecular weight is 423 g/mol. The molecular weight excluding hydrogens is 400 g/mol. The lowest BCUT2D eigenvalue weighted by Gasteiger charge is -2.20. The fourth-order valence-corrected chi connectivity index (χ4v) is 4.53. The van der Waals surface area contributed by atoms with Crippen LogP contribution in [0.2, 0.25) is 0 Å². The number of furan rings is 1. The lowest BCUT2D eigenvalue weighted by atomic mass is 10.1. The molecule has 7 heteroatoms. The molecule has 0 aliphatic rings. The summed E-state index contributed by atoms with van der Waals surface area (Å²) in [6, 6.07) is 13.0. The molecule has 0 bridgehead atoms. The van der Waals surface area contributed by atoms with Crippen molar-refractivity contribution in [3.05, 3.63) is 71.2 Å². The number of methoxy groups -OCH3 is 2. The number of benzene rings is 2. The molecule has 0 unspecified atom stereocenters. The molecule has 2 aromatic carbocycles. The first kappa shape index (κ1) is 20.0. The van der Waals surface area contributed by atoms with Crippen molar-refractivity contribution in [1.82, 2.24) is 4.98 Å². The number of thiazole rings is 1. The number of ether oxygens (including phenoxy) is 2. The van der Waals surface area contributed by atoms with Gasteiger partial charge in [0.15, 0.2) is 5.13 Å². The molecule has 6 nitrogen and oxygen atoms in total. The summed E-state index contributed by atoms with van der Waals surface area (Å²) in [5, 5.41) is 0.602. The van der Waals surface area contributed by atoms with Gasteiger partial charge < -0.3 is 13.9 Å². The summed E-state index contributed by atoms with van der Waals surface area (Å²) in [6.07, 6.45) is 1.59. The minimum absolute atomic E-state index is 0.240. The Balaban J connectivity index is 1.83. The number of amides is 1. The third-order valence-electron chi connectivity index (χ3n) is 4.83. The van der Waals surface area contributed by atoms with Crippen LogP contribution in [0.25, 0.3) is 10.2 Å². The van der Waals surface area contributed by atoms with Crippen LogP contribution < -0.4 is 14.4 Å². The van der Waals surface area contributed by atoms with Gasteiger partial charge in [-0.1, -0.05) is 17.4 Å². The zero-order valence-corrected chi connectivity index (χ0v) is 18.1. The Morgan fingerprint density at radius 3 is 2.67 bits per heavy atom. The van der Waals surface area contributed by atoms with Crippen LogP contribution in [-0.4, -0.2) is 25.1 Å². The van der Waals surface area contributed by atoms with E-state index in [1.165, 1.54) is 11.3 Å². The van der Waals surface area contributed by atoms with Crippen molar-refractivity contribution in [1.29, 1.82) is 0 Å². The third-order valence-corrected chi connectivity index (χ3v) is 5.85. The Bertz CT molecular complexity index is 1200. The van der Waals surface area contributed by atoms with Gasteiger partial charge in [-0.25, -0.2) is 4.98 Å². The number of aryl methyl sites for hydroxylation is 2. The Morgan fingerprint density at radius 1 is 1.13 bits per heavy atom. The Labute approximate surface area is 178 Å². The van der Waals surface area contributed by atoms with E-state index >= 15 is 0 Å². The van der Waals surface area contributed by atoms with Gasteiger partial charge in [0.25, 0.3) is 5.91 Å². The highest BCUT2D eigenvalue weighted by Gasteiger charge is 2.26. The number of carbonyl (C=O) groups excluding carboxylic acids is 1. The second-order valence-electron chi connectivity index (χ2n) is 6.96. The molecule has 4 aromatic rings. The highest BCUT2D eigenvalue weighted by Crippen LogP contribution is 2.35. The van der Waals surface area contributed by atoms with Gasteiger partial charge in [-0.15, -0.1) is 0 Å². The van der Waals surface area contributed by atoms with Crippen LogP contribution in [0.4, 0.5) is 5.13 Å². The van der Waals surface area contributed by atoms with Gasteiger partial charge in [-0.3, -0.25) is 9.69 Å². The van der Waals surface area contributed by atoms with Crippen molar-refractivity contribution in [3.8, 4) is 11.5 Å². The summed E-state index contributed by atoms with van der Waals surface area (Å²) in [5.74, 6) is 1.47. The van der Waals surface area contributed by atoms with Gasteiger partial charge in [0, 0.05) is 0 Å². The van der Waals surface area contributed by atoms with Crippen LogP contribution >= 0.6 is 11.3 Å². The predicted molar refractivity (Wildman–Crippen MR) is 118 cm³/mol. The van der Waals surface area contributed by atoms with Gasteiger partial charge in [-0.2, -0.15) is 0 Å². The molecule has 0 aliphatic heterocycles. The first-order valence-corrected chi connectivity index (χ1v) is 10.3. The largest absolute Gasteiger partial charge is 0.497 e. The van der Waals surface area contributed by atoms with E-state index in [-0.39, 0.29) is 12.5 Å². The standard InChI is InChI=1S/C23H22N2O4S/c1-14-10-15(2)21-20(11-14)30-23(24-21)25(13-17-6-5-9-29-17)22(26)18-12-16(27-3)7-8-19(18)28-4/h5-12H,13H2,1-4H3. The Kier molecular flexibility index (Phi) is 5.46. The predicted octanol–water partition coefficient (Wildman–Crippen LogP) is 5.37. The van der Waals surface area contributed by atoms with E-state index in [0.29, 0.717) is 28.0 Å². The molecule has 0 N–H and O–H groups in total. The van der Waals surface area contributed by atoms with E-state index in [0.717, 1.165) is 21.3 Å². The first-order chi connectivity index (χ1) is 14.5. The number of hydrogen-bond acceptors (Lipinski definition) is 6. The molecule has 2 aromatic heterocycles. The van der Waals surface area contributed by atoms with E-state index in [4.69, 9.17) is 18.9 Å². The number of anilines is 1. The molecule has 0 saturated heterocycles. The summed E-state index contributed by atoms with van der Waals surface area (Å²) < 4.78 is 17.3. The number of hydrogen-bond donors (Lipinski definition) is 0. The zero-order chi connectivity index (χ0) is 21.3. The van der Waals surface area contributed by atoms with Gasteiger partial charge in [0.05, 0.1) is 42.8 Å². The molecule has 0 atom stereocenters. The van der Waals surface area contributed by atoms with Gasteiger partial charge in [0.1, 0.15) is 17.3 Å². The van der Waals surface area contributed by atoms with E-state index in [2.05, 4.69) is 19.1 Å². The number of rotatable bonds is 6. The van der Waals surface area contributed by atoms with Crippen molar-refractivity contribution < 1.29 is 18.7 Å². The molecule has 1 amide bonds. The second-order valence-corrected chi connectivity index (χ2v) is 7.97. The highest BCUT2D eigenvalue weighted by molar-refractivity contribution is 7.22. The summed E-state index contributed by atoms with van der Waals surface area (Å²) in [4.78, 5) is 20.1. The third kappa shape index (κ3) is 3.76. The molecule has 0 saturated carbocycles. The second kappa shape index (κ2) is 8.20. The summed E-state index contributed by atoms with van der Waals surface area (Å²) >= 11 is 1.48. The Morgan fingerprint density at radius 2 is 1.97 bits per heavy atom. The lowest BCUT2D eigenvalue weighted by Crippen LogP contribution is -2.30. The maximum atomic E-state index is 13.7. The van der Waals surface area contributed by atoms with E-state index in [1.54, 1.807) is 49.6 Å². The van der Waals surface area contributed by atoms with Crippen molar-refractivity contribution in [3.63, 3.8) is 0 Å². The summed E-state index contributed by atoms with van der Waals surface area (Å²) in [5.41, 5.74) is 3.54. The normalized spacial score (nSPS) is 10.9. The minimum atomic E-state index is -0.240. The van der Waals surface area contributed by atoms with E-state index in [1.807, 2.05) is 13.0 Å². The quantitative estimate of drug-likeness (QED) is 0.418. The smallest absolute Gasteiger partial charge is 0.264 e. The maximum absolute atomic E-state index is 13.7. The number of fused-ring (bicyclic) bond motifs is 1. The monoisotopic (exact) mass is 422 g/mol. The van der Waals surface area contributed by atoms with Crippen LogP contribution in [0.3, 0.4) is 0 Å². The molecule has 154 valence electrons. The topological polar surface area (TPSA) is 64.8 Å². The molecule has 0 spiro atoms. The van der Waals surface area contributed by atoms with Gasteiger partial charge in [-0.05, 0) is 61.4 Å². The minimum Gasteiger partial charge on any atom is -0.497 e. The van der Waals surface area contributed by atoms with Crippen LogP contribution in [-0.2, 0) is 6.54 Å². The van der Waals surface area contributed by atoms with E-state index in [9.17, 15) is 4.79 Å². The molecule has 0 aliphatic carbocycles. The SMILES string of the molecule is COc1ccc(OC)c(C(=O)N(Cc2ccco2)c2nc3c(C)cc(C)cc3s2)c1. The molecule has 0 radical (unpaired) electrons. The number of aromatic nitrogens is 1. The van der Waals surface area contributed by atoms with E-state index < -0.39 is 0 Å². The lowest BCUT2D eigenvalue weighted by molar-refractivity contribution is 0.0980. The maximum Gasteiger partial charge on any atom is 0.264 e. The highest BCUT2D eigenvalue weighted by atomic mass is 32.1. The van der Waals surface area contributed by atoms with Crippen molar-refractivity contribution >= 4 is 32.6 Å². The van der Waals surface area contributed by atoms with Gasteiger partial charge in [0.2, 0.25) is 0 Å². The average Bonchev–Trinajstić information content (AvgIpc) is 3.40. The van der Waals surface area contributed by atoms with Crippen molar-refractivity contribution in [2.24, 2.45) is 0 Å². The summed E-state index contributed by atoms with van der Waals surface area (Å²) in [7, 11) is 3.11. The van der Waals surface area contributed by atoms with Gasteiger partial charge >= 0.3 is 0 Å². The van der Waals surface area contributed by atoms with Crippen LogP contribution in [0.5, 0.6) is 11.5 Å². The number of nitrogens with zero attached hydrogens (tertiary/aromatic N) is 2. The molecule has 4 rings (SSSR count).